The minimum atomic E-state index is -0.0128. The average molecular weight is 299 g/mol. The van der Waals surface area contributed by atoms with Gasteiger partial charge < -0.3 is 9.73 Å². The van der Waals surface area contributed by atoms with E-state index in [0.29, 0.717) is 5.41 Å². The van der Waals surface area contributed by atoms with Crippen molar-refractivity contribution in [1.29, 1.82) is 0 Å². The van der Waals surface area contributed by atoms with E-state index in [1.54, 1.807) is 18.4 Å². The average Bonchev–Trinajstić information content (AvgIpc) is 2.96. The van der Waals surface area contributed by atoms with Crippen molar-refractivity contribution in [2.24, 2.45) is 23.2 Å². The largest absolute Gasteiger partial charge is 0.465 e. The van der Waals surface area contributed by atoms with Crippen molar-refractivity contribution in [3.63, 3.8) is 0 Å². The van der Waals surface area contributed by atoms with Crippen molar-refractivity contribution < 1.29 is 9.21 Å². The first-order valence-corrected chi connectivity index (χ1v) is 8.70. The van der Waals surface area contributed by atoms with Crippen LogP contribution in [-0.4, -0.2) is 12.5 Å². The molecule has 1 aromatic heterocycles. The molecule has 4 aliphatic carbocycles. The third kappa shape index (κ3) is 2.86. The minimum Gasteiger partial charge on any atom is -0.465 e. The first kappa shape index (κ1) is 14.1. The van der Waals surface area contributed by atoms with E-state index in [2.05, 4.69) is 5.32 Å². The number of rotatable bonds is 5. The molecule has 1 aromatic rings. The van der Waals surface area contributed by atoms with Crippen LogP contribution in [-0.2, 0) is 4.79 Å². The highest BCUT2D eigenvalue weighted by molar-refractivity contribution is 5.91. The molecule has 0 unspecified atom stereocenters. The fourth-order valence-corrected chi connectivity index (χ4v) is 5.65. The monoisotopic (exact) mass is 299 g/mol. The number of hydrogen-bond donors (Lipinski definition) is 1. The minimum absolute atomic E-state index is 0.0128. The van der Waals surface area contributed by atoms with Gasteiger partial charge in [0.2, 0.25) is 5.91 Å². The lowest BCUT2D eigenvalue weighted by molar-refractivity contribution is -0.116. The maximum atomic E-state index is 11.9. The summed E-state index contributed by atoms with van der Waals surface area (Å²) < 4.78 is 5.19. The molecule has 0 atom stereocenters. The molecule has 3 heteroatoms. The third-order valence-corrected chi connectivity index (χ3v) is 6.06. The third-order valence-electron chi connectivity index (χ3n) is 6.06. The highest BCUT2D eigenvalue weighted by Crippen LogP contribution is 2.61. The van der Waals surface area contributed by atoms with Crippen LogP contribution >= 0.6 is 0 Å². The van der Waals surface area contributed by atoms with Crippen LogP contribution in [0.3, 0.4) is 0 Å². The van der Waals surface area contributed by atoms with E-state index in [4.69, 9.17) is 4.42 Å². The van der Waals surface area contributed by atoms with Crippen LogP contribution in [0.1, 0.15) is 50.7 Å². The zero-order valence-corrected chi connectivity index (χ0v) is 13.1. The molecule has 0 aliphatic heterocycles. The Balaban J connectivity index is 1.27. The number of carbonyl (C=O) groups excluding carboxylic acids is 1. The molecule has 0 spiro atoms. The van der Waals surface area contributed by atoms with E-state index in [1.165, 1.54) is 38.5 Å². The molecule has 1 N–H and O–H groups in total. The van der Waals surface area contributed by atoms with Gasteiger partial charge in [-0.3, -0.25) is 4.79 Å². The van der Waals surface area contributed by atoms with Crippen LogP contribution in [0.4, 0.5) is 0 Å². The number of nitrogens with one attached hydrogen (secondary N) is 1. The molecular formula is C19H25NO2. The fraction of sp³-hybridized carbons (Fsp3) is 0.632. The van der Waals surface area contributed by atoms with Crippen molar-refractivity contribution in [2.45, 2.75) is 44.9 Å². The second kappa shape index (κ2) is 5.60. The van der Waals surface area contributed by atoms with Gasteiger partial charge in [0.25, 0.3) is 0 Å². The van der Waals surface area contributed by atoms with Crippen molar-refractivity contribution in [3.05, 3.63) is 30.2 Å². The predicted molar refractivity (Wildman–Crippen MR) is 86.0 cm³/mol. The van der Waals surface area contributed by atoms with E-state index < -0.39 is 0 Å². The topological polar surface area (TPSA) is 42.2 Å². The summed E-state index contributed by atoms with van der Waals surface area (Å²) in [5.41, 5.74) is 0.548. The first-order valence-electron chi connectivity index (χ1n) is 8.70. The zero-order chi connectivity index (χ0) is 15.0. The van der Waals surface area contributed by atoms with Crippen LogP contribution in [0.15, 0.2) is 28.9 Å². The molecule has 4 bridgehead atoms. The number of carbonyl (C=O) groups is 1. The molecular weight excluding hydrogens is 274 g/mol. The Hall–Kier alpha value is -1.51. The molecule has 4 saturated carbocycles. The van der Waals surface area contributed by atoms with Crippen molar-refractivity contribution in [1.82, 2.24) is 5.32 Å². The lowest BCUT2D eigenvalue weighted by Gasteiger charge is -2.57. The molecule has 5 rings (SSSR count). The summed E-state index contributed by atoms with van der Waals surface area (Å²) in [5, 5.41) is 3.05. The van der Waals surface area contributed by atoms with Gasteiger partial charge in [-0.15, -0.1) is 0 Å². The fourth-order valence-electron chi connectivity index (χ4n) is 5.65. The number of furan rings is 1. The highest BCUT2D eigenvalue weighted by Gasteiger charge is 2.50. The lowest BCUT2D eigenvalue weighted by Crippen LogP contribution is -2.47. The summed E-state index contributed by atoms with van der Waals surface area (Å²) >= 11 is 0. The Morgan fingerprint density at radius 1 is 1.23 bits per heavy atom. The van der Waals surface area contributed by atoms with Crippen molar-refractivity contribution in [3.8, 4) is 0 Å². The molecule has 0 aromatic carbocycles. The molecule has 1 amide bonds. The number of amides is 1. The standard InChI is InChI=1S/C19H25NO2/c21-18(4-3-17-2-1-7-22-17)20-6-5-19-11-14-8-15(12-19)10-16(9-14)13-19/h1-4,7,14-16H,5-6,8-13H2,(H,20,21)/b4-3+. The van der Waals surface area contributed by atoms with E-state index in [0.717, 1.165) is 36.5 Å². The van der Waals surface area contributed by atoms with Crippen LogP contribution in [0.5, 0.6) is 0 Å². The van der Waals surface area contributed by atoms with E-state index in [-0.39, 0.29) is 5.91 Å². The molecule has 4 aliphatic rings. The van der Waals surface area contributed by atoms with E-state index in [9.17, 15) is 4.79 Å². The normalized spacial score (nSPS) is 36.1. The Morgan fingerprint density at radius 3 is 2.50 bits per heavy atom. The zero-order valence-electron chi connectivity index (χ0n) is 13.1. The van der Waals surface area contributed by atoms with Gasteiger partial charge in [0.1, 0.15) is 5.76 Å². The van der Waals surface area contributed by atoms with Gasteiger partial charge in [-0.25, -0.2) is 0 Å². The van der Waals surface area contributed by atoms with Gasteiger partial charge in [-0.05, 0) is 86.3 Å². The molecule has 4 fully saturated rings. The summed E-state index contributed by atoms with van der Waals surface area (Å²) in [6, 6.07) is 3.67. The second-order valence-corrected chi connectivity index (χ2v) is 7.81. The van der Waals surface area contributed by atoms with Crippen LogP contribution in [0.25, 0.3) is 6.08 Å². The molecule has 3 nitrogen and oxygen atoms in total. The van der Waals surface area contributed by atoms with Gasteiger partial charge in [0.15, 0.2) is 0 Å². The van der Waals surface area contributed by atoms with Gasteiger partial charge in [-0.2, -0.15) is 0 Å². The molecule has 118 valence electrons. The predicted octanol–water partition coefficient (Wildman–Crippen LogP) is 4.02. The summed E-state index contributed by atoms with van der Waals surface area (Å²) in [6.45, 7) is 0.813. The molecule has 0 saturated heterocycles. The first-order chi connectivity index (χ1) is 10.7. The van der Waals surface area contributed by atoms with Crippen molar-refractivity contribution in [2.75, 3.05) is 6.54 Å². The summed E-state index contributed by atoms with van der Waals surface area (Å²) in [4.78, 5) is 11.9. The van der Waals surface area contributed by atoms with Crippen LogP contribution < -0.4 is 5.32 Å². The summed E-state index contributed by atoms with van der Waals surface area (Å²) in [6.07, 6.45) is 14.8. The second-order valence-electron chi connectivity index (χ2n) is 7.81. The smallest absolute Gasteiger partial charge is 0.244 e. The molecule has 1 heterocycles. The van der Waals surface area contributed by atoms with E-state index >= 15 is 0 Å². The van der Waals surface area contributed by atoms with E-state index in [1.807, 2.05) is 12.1 Å². The highest BCUT2D eigenvalue weighted by atomic mass is 16.3. The summed E-state index contributed by atoms with van der Waals surface area (Å²) in [7, 11) is 0. The quantitative estimate of drug-likeness (QED) is 0.835. The van der Waals surface area contributed by atoms with Crippen LogP contribution in [0, 0.1) is 23.2 Å². The molecule has 0 radical (unpaired) electrons. The number of hydrogen-bond acceptors (Lipinski definition) is 2. The Kier molecular flexibility index (Phi) is 3.59. The Bertz CT molecular complexity index is 523. The van der Waals surface area contributed by atoms with Gasteiger partial charge in [0.05, 0.1) is 6.26 Å². The van der Waals surface area contributed by atoms with Crippen molar-refractivity contribution >= 4 is 12.0 Å². The summed E-state index contributed by atoms with van der Waals surface area (Å²) in [5.74, 6) is 3.67. The Morgan fingerprint density at radius 2 is 1.91 bits per heavy atom. The maximum absolute atomic E-state index is 11.9. The SMILES string of the molecule is O=C(/C=C/c1ccco1)NCCC12CC3CC(CC(C3)C1)C2. The maximum Gasteiger partial charge on any atom is 0.244 e. The van der Waals surface area contributed by atoms with Gasteiger partial charge in [-0.1, -0.05) is 0 Å². The van der Waals surface area contributed by atoms with Crippen LogP contribution in [0.2, 0.25) is 0 Å². The van der Waals surface area contributed by atoms with Gasteiger partial charge >= 0.3 is 0 Å². The Labute approximate surface area is 132 Å². The lowest BCUT2D eigenvalue weighted by atomic mass is 9.49. The van der Waals surface area contributed by atoms with Gasteiger partial charge in [0, 0.05) is 12.6 Å². The molecule has 22 heavy (non-hydrogen) atoms.